The normalized spacial score (nSPS) is 20.4. The lowest BCUT2D eigenvalue weighted by Gasteiger charge is -2.31. The lowest BCUT2D eigenvalue weighted by Crippen LogP contribution is -2.41. The van der Waals surface area contributed by atoms with Gasteiger partial charge in [-0.3, -0.25) is 9.69 Å². The molecule has 1 fully saturated rings. The number of aromatic nitrogens is 3. The third-order valence-electron chi connectivity index (χ3n) is 3.82. The number of hydrogen-bond donors (Lipinski definition) is 1. The zero-order chi connectivity index (χ0) is 13.9. The summed E-state index contributed by atoms with van der Waals surface area (Å²) in [5, 5.41) is 17.9. The first kappa shape index (κ1) is 13.2. The maximum absolute atomic E-state index is 12.3. The number of likely N-dealkylation sites (tertiary alicyclic amines) is 1. The maximum Gasteiger partial charge on any atom is 0.278 e. The Morgan fingerprint density at radius 3 is 3.05 bits per heavy atom. The van der Waals surface area contributed by atoms with E-state index in [1.165, 1.54) is 4.68 Å². The quantitative estimate of drug-likeness (QED) is 0.880. The average molecular weight is 274 g/mol. The maximum atomic E-state index is 12.3. The molecule has 1 saturated heterocycles. The molecule has 6 nitrogen and oxygen atoms in total. The molecule has 0 bridgehead atoms. The number of nitrogens with zero attached hydrogens (tertiary/aromatic N) is 4. The van der Waals surface area contributed by atoms with E-state index in [2.05, 4.69) is 15.2 Å². The monoisotopic (exact) mass is 274 g/mol. The first-order valence-corrected chi connectivity index (χ1v) is 6.93. The largest absolute Gasteiger partial charge is 0.396 e. The minimum atomic E-state index is -0.110. The van der Waals surface area contributed by atoms with Gasteiger partial charge in [0.2, 0.25) is 0 Å². The molecule has 0 aliphatic carbocycles. The summed E-state index contributed by atoms with van der Waals surface area (Å²) in [5.74, 6) is 0.299. The van der Waals surface area contributed by atoms with Crippen LogP contribution in [-0.4, -0.2) is 44.7 Å². The minimum Gasteiger partial charge on any atom is -0.396 e. The highest BCUT2D eigenvalue weighted by molar-refractivity contribution is 5.76. The van der Waals surface area contributed by atoms with Crippen molar-refractivity contribution >= 4 is 10.9 Å². The molecule has 20 heavy (non-hydrogen) atoms. The predicted molar refractivity (Wildman–Crippen MR) is 75.2 cm³/mol. The number of aliphatic hydroxyl groups is 1. The summed E-state index contributed by atoms with van der Waals surface area (Å²) in [5.41, 5.74) is 0.516. The SMILES string of the molecule is O=c1c2ccccc2nnn1CN1CCCC(CO)C1. The Hall–Kier alpha value is -1.79. The molecule has 0 radical (unpaired) electrons. The van der Waals surface area contributed by atoms with Crippen molar-refractivity contribution in [3.05, 3.63) is 34.6 Å². The Morgan fingerprint density at radius 2 is 2.20 bits per heavy atom. The first-order valence-electron chi connectivity index (χ1n) is 6.93. The molecule has 1 aromatic carbocycles. The molecular formula is C14H18N4O2. The van der Waals surface area contributed by atoms with Gasteiger partial charge in [0.15, 0.2) is 0 Å². The van der Waals surface area contributed by atoms with Gasteiger partial charge in [0, 0.05) is 13.2 Å². The summed E-state index contributed by atoms with van der Waals surface area (Å²) >= 11 is 0. The number of hydrogen-bond acceptors (Lipinski definition) is 5. The van der Waals surface area contributed by atoms with Gasteiger partial charge in [-0.1, -0.05) is 17.3 Å². The summed E-state index contributed by atoms with van der Waals surface area (Å²) in [6, 6.07) is 7.24. The second kappa shape index (κ2) is 5.68. The van der Waals surface area contributed by atoms with Gasteiger partial charge in [-0.25, -0.2) is 0 Å². The summed E-state index contributed by atoms with van der Waals surface area (Å²) < 4.78 is 1.40. The van der Waals surface area contributed by atoms with E-state index in [0.29, 0.717) is 23.5 Å². The Labute approximate surface area is 116 Å². The van der Waals surface area contributed by atoms with Gasteiger partial charge in [-0.2, -0.15) is 4.68 Å². The van der Waals surface area contributed by atoms with E-state index in [0.717, 1.165) is 25.9 Å². The molecule has 2 heterocycles. The topological polar surface area (TPSA) is 71.2 Å². The van der Waals surface area contributed by atoms with Crippen LogP contribution in [0.5, 0.6) is 0 Å². The van der Waals surface area contributed by atoms with Crippen LogP contribution >= 0.6 is 0 Å². The van der Waals surface area contributed by atoms with Gasteiger partial charge in [0.25, 0.3) is 5.56 Å². The molecule has 2 aromatic rings. The molecule has 0 amide bonds. The summed E-state index contributed by atoms with van der Waals surface area (Å²) in [6.45, 7) is 2.37. The Kier molecular flexibility index (Phi) is 3.75. The molecular weight excluding hydrogens is 256 g/mol. The molecule has 6 heteroatoms. The fraction of sp³-hybridized carbons (Fsp3) is 0.500. The molecule has 1 aromatic heterocycles. The van der Waals surface area contributed by atoms with Gasteiger partial charge in [-0.05, 0) is 37.4 Å². The third-order valence-corrected chi connectivity index (χ3v) is 3.82. The van der Waals surface area contributed by atoms with Crippen molar-refractivity contribution in [1.82, 2.24) is 19.9 Å². The number of rotatable bonds is 3. The van der Waals surface area contributed by atoms with Crippen molar-refractivity contribution in [2.75, 3.05) is 19.7 Å². The molecule has 1 unspecified atom stereocenters. The highest BCUT2D eigenvalue weighted by atomic mass is 16.3. The Morgan fingerprint density at radius 1 is 1.35 bits per heavy atom. The molecule has 1 atom stereocenters. The van der Waals surface area contributed by atoms with Crippen LogP contribution in [0, 0.1) is 5.92 Å². The molecule has 106 valence electrons. The van der Waals surface area contributed by atoms with Crippen LogP contribution in [0.4, 0.5) is 0 Å². The van der Waals surface area contributed by atoms with Gasteiger partial charge in [0.05, 0.1) is 12.1 Å². The Balaban J connectivity index is 1.84. The summed E-state index contributed by atoms with van der Waals surface area (Å²) in [4.78, 5) is 14.5. The van der Waals surface area contributed by atoms with E-state index in [1.807, 2.05) is 12.1 Å². The zero-order valence-electron chi connectivity index (χ0n) is 11.3. The van der Waals surface area contributed by atoms with Crippen molar-refractivity contribution in [3.8, 4) is 0 Å². The second-order valence-electron chi connectivity index (χ2n) is 5.32. The highest BCUT2D eigenvalue weighted by Gasteiger charge is 2.20. The number of benzene rings is 1. The summed E-state index contributed by atoms with van der Waals surface area (Å²) in [7, 11) is 0. The fourth-order valence-electron chi connectivity index (χ4n) is 2.73. The van der Waals surface area contributed by atoms with Crippen molar-refractivity contribution < 1.29 is 5.11 Å². The number of fused-ring (bicyclic) bond motifs is 1. The van der Waals surface area contributed by atoms with Crippen molar-refractivity contribution in [3.63, 3.8) is 0 Å². The van der Waals surface area contributed by atoms with E-state index in [9.17, 15) is 9.90 Å². The molecule has 3 rings (SSSR count). The molecule has 1 N–H and O–H groups in total. The Bertz CT molecular complexity index is 655. The van der Waals surface area contributed by atoms with Crippen LogP contribution in [0.3, 0.4) is 0 Å². The molecule has 0 saturated carbocycles. The van der Waals surface area contributed by atoms with E-state index >= 15 is 0 Å². The van der Waals surface area contributed by atoms with E-state index < -0.39 is 0 Å². The van der Waals surface area contributed by atoms with Gasteiger partial charge in [0.1, 0.15) is 5.52 Å². The summed E-state index contributed by atoms with van der Waals surface area (Å²) in [6.07, 6.45) is 2.09. The predicted octanol–water partition coefficient (Wildman–Crippen LogP) is 0.453. The van der Waals surface area contributed by atoms with Crippen molar-refractivity contribution in [2.45, 2.75) is 19.5 Å². The van der Waals surface area contributed by atoms with Crippen molar-refractivity contribution in [1.29, 1.82) is 0 Å². The number of aliphatic hydroxyl groups excluding tert-OH is 1. The lowest BCUT2D eigenvalue weighted by molar-refractivity contribution is 0.0920. The smallest absolute Gasteiger partial charge is 0.278 e. The third kappa shape index (κ3) is 2.57. The van der Waals surface area contributed by atoms with E-state index in [4.69, 9.17) is 0 Å². The molecule has 1 aliphatic rings. The lowest BCUT2D eigenvalue weighted by atomic mass is 9.99. The number of piperidine rings is 1. The highest BCUT2D eigenvalue weighted by Crippen LogP contribution is 2.15. The van der Waals surface area contributed by atoms with E-state index in [-0.39, 0.29) is 12.2 Å². The van der Waals surface area contributed by atoms with Crippen LogP contribution in [0.15, 0.2) is 29.1 Å². The fourth-order valence-corrected chi connectivity index (χ4v) is 2.73. The van der Waals surface area contributed by atoms with Gasteiger partial charge in [-0.15, -0.1) is 5.10 Å². The standard InChI is InChI=1S/C14H18N4O2/c19-9-11-4-3-7-17(8-11)10-18-14(20)12-5-1-2-6-13(12)15-16-18/h1-2,5-6,11,19H,3-4,7-10H2. The van der Waals surface area contributed by atoms with E-state index in [1.54, 1.807) is 12.1 Å². The van der Waals surface area contributed by atoms with Crippen LogP contribution in [0.1, 0.15) is 12.8 Å². The minimum absolute atomic E-state index is 0.110. The zero-order valence-corrected chi connectivity index (χ0v) is 11.3. The van der Waals surface area contributed by atoms with Crippen LogP contribution < -0.4 is 5.56 Å². The molecule has 0 spiro atoms. The van der Waals surface area contributed by atoms with Gasteiger partial charge >= 0.3 is 0 Å². The average Bonchev–Trinajstić information content (AvgIpc) is 2.50. The van der Waals surface area contributed by atoms with Crippen LogP contribution in [0.25, 0.3) is 10.9 Å². The van der Waals surface area contributed by atoms with Crippen LogP contribution in [0.2, 0.25) is 0 Å². The van der Waals surface area contributed by atoms with Gasteiger partial charge < -0.3 is 5.11 Å². The second-order valence-corrected chi connectivity index (χ2v) is 5.32. The molecule has 1 aliphatic heterocycles. The first-order chi connectivity index (χ1) is 9.78. The van der Waals surface area contributed by atoms with Crippen molar-refractivity contribution in [2.24, 2.45) is 5.92 Å². The van der Waals surface area contributed by atoms with Crippen LogP contribution in [-0.2, 0) is 6.67 Å².